The Labute approximate surface area is 174 Å². The summed E-state index contributed by atoms with van der Waals surface area (Å²) in [6, 6.07) is 10.5. The van der Waals surface area contributed by atoms with Gasteiger partial charge in [-0.25, -0.2) is 0 Å². The van der Waals surface area contributed by atoms with Gasteiger partial charge in [0, 0.05) is 44.8 Å². The SMILES string of the molecule is CN1C[C@@H](NC(=O)C2CCOCC2)CC[C@@H](C(=O)NCCCc2ccccc2)C1. The van der Waals surface area contributed by atoms with Crippen molar-refractivity contribution in [1.29, 1.82) is 0 Å². The number of hydrogen-bond acceptors (Lipinski definition) is 4. The number of hydrogen-bond donors (Lipinski definition) is 2. The molecule has 160 valence electrons. The van der Waals surface area contributed by atoms with Crippen molar-refractivity contribution >= 4 is 11.8 Å². The molecule has 0 aliphatic carbocycles. The smallest absolute Gasteiger partial charge is 0.224 e. The minimum absolute atomic E-state index is 0.0123. The zero-order chi connectivity index (χ0) is 20.5. The van der Waals surface area contributed by atoms with Gasteiger partial charge in [-0.15, -0.1) is 0 Å². The average molecular weight is 402 g/mol. The lowest BCUT2D eigenvalue weighted by Gasteiger charge is -2.26. The zero-order valence-electron chi connectivity index (χ0n) is 17.6. The van der Waals surface area contributed by atoms with E-state index in [0.29, 0.717) is 19.8 Å². The third-order valence-corrected chi connectivity index (χ3v) is 6.02. The minimum atomic E-state index is -0.0123. The van der Waals surface area contributed by atoms with E-state index in [-0.39, 0.29) is 29.7 Å². The number of likely N-dealkylation sites (tertiary alicyclic amines) is 1. The van der Waals surface area contributed by atoms with Gasteiger partial charge in [0.2, 0.25) is 11.8 Å². The quantitative estimate of drug-likeness (QED) is 0.686. The molecule has 2 N–H and O–H groups in total. The van der Waals surface area contributed by atoms with E-state index in [1.54, 1.807) is 0 Å². The molecule has 0 saturated carbocycles. The van der Waals surface area contributed by atoms with Gasteiger partial charge < -0.3 is 20.3 Å². The van der Waals surface area contributed by atoms with E-state index in [2.05, 4.69) is 27.7 Å². The van der Waals surface area contributed by atoms with Crippen molar-refractivity contribution in [3.63, 3.8) is 0 Å². The summed E-state index contributed by atoms with van der Waals surface area (Å²) in [5.74, 6) is 0.347. The molecule has 1 aromatic rings. The molecule has 2 heterocycles. The lowest BCUT2D eigenvalue weighted by molar-refractivity contribution is -0.128. The number of carbonyl (C=O) groups is 2. The van der Waals surface area contributed by atoms with Crippen LogP contribution in [0.3, 0.4) is 0 Å². The molecule has 0 radical (unpaired) electrons. The molecule has 6 nitrogen and oxygen atoms in total. The second kappa shape index (κ2) is 11.3. The molecule has 2 amide bonds. The van der Waals surface area contributed by atoms with Crippen LogP contribution in [0.1, 0.15) is 37.7 Å². The van der Waals surface area contributed by atoms with E-state index in [1.807, 2.05) is 25.2 Å². The Bertz CT molecular complexity index is 646. The van der Waals surface area contributed by atoms with Gasteiger partial charge in [0.05, 0.1) is 5.92 Å². The molecule has 3 rings (SSSR count). The van der Waals surface area contributed by atoms with E-state index in [9.17, 15) is 9.59 Å². The Hall–Kier alpha value is -1.92. The number of nitrogens with one attached hydrogen (secondary N) is 2. The Morgan fingerprint density at radius 2 is 1.76 bits per heavy atom. The molecule has 2 aliphatic rings. The van der Waals surface area contributed by atoms with E-state index in [4.69, 9.17) is 4.74 Å². The fraction of sp³-hybridized carbons (Fsp3) is 0.652. The molecular weight excluding hydrogens is 366 g/mol. The van der Waals surface area contributed by atoms with Crippen molar-refractivity contribution in [3.8, 4) is 0 Å². The zero-order valence-corrected chi connectivity index (χ0v) is 17.6. The Morgan fingerprint density at radius 1 is 1.00 bits per heavy atom. The van der Waals surface area contributed by atoms with E-state index in [1.165, 1.54) is 5.56 Å². The predicted molar refractivity (Wildman–Crippen MR) is 113 cm³/mol. The maximum absolute atomic E-state index is 12.6. The molecule has 2 atom stereocenters. The van der Waals surface area contributed by atoms with Crippen LogP contribution >= 0.6 is 0 Å². The topological polar surface area (TPSA) is 70.7 Å². The summed E-state index contributed by atoms with van der Waals surface area (Å²) in [7, 11) is 2.04. The molecule has 2 saturated heterocycles. The third kappa shape index (κ3) is 7.12. The molecule has 0 bridgehead atoms. The molecule has 0 aromatic heterocycles. The summed E-state index contributed by atoms with van der Waals surface area (Å²) >= 11 is 0. The molecule has 1 aromatic carbocycles. The largest absolute Gasteiger partial charge is 0.381 e. The van der Waals surface area contributed by atoms with Crippen LogP contribution in [0.5, 0.6) is 0 Å². The first-order valence-electron chi connectivity index (χ1n) is 11.0. The summed E-state index contributed by atoms with van der Waals surface area (Å²) in [5.41, 5.74) is 1.30. The van der Waals surface area contributed by atoms with E-state index in [0.717, 1.165) is 51.6 Å². The van der Waals surface area contributed by atoms with E-state index < -0.39 is 0 Å². The van der Waals surface area contributed by atoms with E-state index >= 15 is 0 Å². The van der Waals surface area contributed by atoms with Crippen molar-refractivity contribution in [2.24, 2.45) is 11.8 Å². The number of benzene rings is 1. The highest BCUT2D eigenvalue weighted by molar-refractivity contribution is 5.79. The summed E-state index contributed by atoms with van der Waals surface area (Å²) < 4.78 is 5.35. The van der Waals surface area contributed by atoms with Crippen molar-refractivity contribution in [2.45, 2.75) is 44.6 Å². The number of aryl methyl sites for hydroxylation is 1. The Morgan fingerprint density at radius 3 is 2.52 bits per heavy atom. The molecular formula is C23H35N3O3. The Kier molecular flexibility index (Phi) is 8.50. The number of ether oxygens (including phenoxy) is 1. The number of likely N-dealkylation sites (N-methyl/N-ethyl adjacent to an activating group) is 1. The number of carbonyl (C=O) groups excluding carboxylic acids is 2. The number of nitrogens with zero attached hydrogens (tertiary/aromatic N) is 1. The average Bonchev–Trinajstić information content (AvgIpc) is 2.93. The first-order chi connectivity index (χ1) is 14.1. The molecule has 0 unspecified atom stereocenters. The summed E-state index contributed by atoms with van der Waals surface area (Å²) in [6.07, 6.45) is 5.20. The molecule has 2 fully saturated rings. The second-order valence-electron chi connectivity index (χ2n) is 8.47. The van der Waals surface area contributed by atoms with Gasteiger partial charge in [0.1, 0.15) is 0 Å². The van der Waals surface area contributed by atoms with Crippen LogP contribution in [0, 0.1) is 11.8 Å². The lowest BCUT2D eigenvalue weighted by Crippen LogP contribution is -2.45. The standard InChI is InChI=1S/C23H35N3O3/c1-26-16-20(22(27)24-13-5-8-18-6-3-2-4-7-18)9-10-21(17-26)25-23(28)19-11-14-29-15-12-19/h2-4,6-7,19-21H,5,8-17H2,1H3,(H,24,27)(H,25,28)/t20-,21+/m1/s1. The van der Waals surface area contributed by atoms with Crippen LogP contribution < -0.4 is 10.6 Å². The van der Waals surface area contributed by atoms with Gasteiger partial charge in [-0.2, -0.15) is 0 Å². The van der Waals surface area contributed by atoms with Crippen LogP contribution in [0.25, 0.3) is 0 Å². The molecule has 29 heavy (non-hydrogen) atoms. The fourth-order valence-electron chi connectivity index (χ4n) is 4.32. The molecule has 2 aliphatic heterocycles. The van der Waals surface area contributed by atoms with Gasteiger partial charge in [0.25, 0.3) is 0 Å². The van der Waals surface area contributed by atoms with Crippen LogP contribution in [-0.4, -0.2) is 62.7 Å². The number of amides is 2. The Balaban J connectivity index is 1.39. The highest BCUT2D eigenvalue weighted by Gasteiger charge is 2.29. The molecule has 6 heteroatoms. The van der Waals surface area contributed by atoms with Gasteiger partial charge in [-0.05, 0) is 51.1 Å². The minimum Gasteiger partial charge on any atom is -0.381 e. The monoisotopic (exact) mass is 401 g/mol. The van der Waals surface area contributed by atoms with Crippen LogP contribution in [-0.2, 0) is 20.7 Å². The van der Waals surface area contributed by atoms with Crippen molar-refractivity contribution < 1.29 is 14.3 Å². The highest BCUT2D eigenvalue weighted by Crippen LogP contribution is 2.19. The summed E-state index contributed by atoms with van der Waals surface area (Å²) in [5, 5.41) is 6.33. The normalized spacial score (nSPS) is 23.9. The maximum Gasteiger partial charge on any atom is 0.224 e. The van der Waals surface area contributed by atoms with Crippen LogP contribution in [0.2, 0.25) is 0 Å². The maximum atomic E-state index is 12.6. The second-order valence-corrected chi connectivity index (χ2v) is 8.47. The summed E-state index contributed by atoms with van der Waals surface area (Å²) in [4.78, 5) is 27.3. The lowest BCUT2D eigenvalue weighted by atomic mass is 9.97. The van der Waals surface area contributed by atoms with Crippen molar-refractivity contribution in [1.82, 2.24) is 15.5 Å². The van der Waals surface area contributed by atoms with Gasteiger partial charge in [-0.1, -0.05) is 30.3 Å². The van der Waals surface area contributed by atoms with Gasteiger partial charge >= 0.3 is 0 Å². The fourth-order valence-corrected chi connectivity index (χ4v) is 4.32. The summed E-state index contributed by atoms with van der Waals surface area (Å²) in [6.45, 7) is 3.60. The van der Waals surface area contributed by atoms with Crippen LogP contribution in [0.4, 0.5) is 0 Å². The number of rotatable bonds is 7. The van der Waals surface area contributed by atoms with Crippen molar-refractivity contribution in [2.75, 3.05) is 39.9 Å². The first kappa shape index (κ1) is 21.8. The van der Waals surface area contributed by atoms with Crippen molar-refractivity contribution in [3.05, 3.63) is 35.9 Å². The highest BCUT2D eigenvalue weighted by atomic mass is 16.5. The van der Waals surface area contributed by atoms with Crippen LogP contribution in [0.15, 0.2) is 30.3 Å². The first-order valence-corrected chi connectivity index (χ1v) is 11.0. The predicted octanol–water partition coefficient (Wildman–Crippen LogP) is 1.99. The molecule has 0 spiro atoms. The van der Waals surface area contributed by atoms with Gasteiger partial charge in [0.15, 0.2) is 0 Å². The van der Waals surface area contributed by atoms with Gasteiger partial charge in [-0.3, -0.25) is 9.59 Å². The third-order valence-electron chi connectivity index (χ3n) is 6.02.